The van der Waals surface area contributed by atoms with E-state index in [0.29, 0.717) is 25.1 Å². The number of carbonyl (C=O) groups excluding carboxylic acids is 2. The Morgan fingerprint density at radius 2 is 1.88 bits per heavy atom. The molecule has 33 heavy (non-hydrogen) atoms. The lowest BCUT2D eigenvalue weighted by molar-refractivity contribution is -0.146. The van der Waals surface area contributed by atoms with Gasteiger partial charge in [0.2, 0.25) is 5.91 Å². The van der Waals surface area contributed by atoms with E-state index in [1.54, 1.807) is 24.4 Å². The van der Waals surface area contributed by atoms with Crippen LogP contribution in [0, 0.1) is 0 Å². The highest BCUT2D eigenvalue weighted by Gasteiger charge is 2.24. The molecule has 2 aromatic heterocycles. The van der Waals surface area contributed by atoms with Crippen molar-refractivity contribution in [1.29, 1.82) is 0 Å². The summed E-state index contributed by atoms with van der Waals surface area (Å²) >= 11 is 0. The number of hydrogen-bond acceptors (Lipinski definition) is 7. The SMILES string of the molecule is CCCCCN(C(=O)CCC(=O)OCc1ccccn1)c1c(N)n(CCCC)c(=O)[nH]c1=O. The van der Waals surface area contributed by atoms with Crippen LogP contribution in [0.2, 0.25) is 0 Å². The summed E-state index contributed by atoms with van der Waals surface area (Å²) in [6, 6.07) is 5.28. The second-order valence-electron chi connectivity index (χ2n) is 7.73. The summed E-state index contributed by atoms with van der Waals surface area (Å²) < 4.78 is 6.46. The number of amides is 1. The van der Waals surface area contributed by atoms with E-state index in [2.05, 4.69) is 9.97 Å². The van der Waals surface area contributed by atoms with Gasteiger partial charge in [0.1, 0.15) is 12.4 Å². The predicted molar refractivity (Wildman–Crippen MR) is 126 cm³/mol. The first-order valence-electron chi connectivity index (χ1n) is 11.4. The van der Waals surface area contributed by atoms with E-state index in [0.717, 1.165) is 19.3 Å². The number of unbranched alkanes of at least 4 members (excludes halogenated alkanes) is 3. The summed E-state index contributed by atoms with van der Waals surface area (Å²) in [6.45, 7) is 4.61. The van der Waals surface area contributed by atoms with E-state index in [1.165, 1.54) is 9.47 Å². The van der Waals surface area contributed by atoms with Crippen LogP contribution >= 0.6 is 0 Å². The largest absolute Gasteiger partial charge is 0.459 e. The lowest BCUT2D eigenvalue weighted by Gasteiger charge is -2.24. The number of esters is 1. The Balaban J connectivity index is 2.16. The first-order chi connectivity index (χ1) is 15.9. The van der Waals surface area contributed by atoms with Gasteiger partial charge in [-0.15, -0.1) is 0 Å². The zero-order valence-electron chi connectivity index (χ0n) is 19.3. The summed E-state index contributed by atoms with van der Waals surface area (Å²) in [4.78, 5) is 57.7. The van der Waals surface area contributed by atoms with E-state index in [9.17, 15) is 19.2 Å². The molecule has 0 bridgehead atoms. The number of nitrogens with two attached hydrogens (primary N) is 1. The molecule has 0 aliphatic carbocycles. The van der Waals surface area contributed by atoms with Crippen LogP contribution in [0.25, 0.3) is 0 Å². The van der Waals surface area contributed by atoms with E-state index in [-0.39, 0.29) is 37.5 Å². The first kappa shape index (κ1) is 25.8. The Bertz CT molecular complexity index is 1030. The van der Waals surface area contributed by atoms with Crippen molar-refractivity contribution in [3.05, 3.63) is 50.9 Å². The number of aromatic amines is 1. The zero-order chi connectivity index (χ0) is 24.2. The molecule has 0 unspecified atom stereocenters. The number of carbonyl (C=O) groups is 2. The topological polar surface area (TPSA) is 140 Å². The summed E-state index contributed by atoms with van der Waals surface area (Å²) in [5.41, 5.74) is 5.43. The average molecular weight is 460 g/mol. The molecule has 1 amide bonds. The number of nitrogens with zero attached hydrogens (tertiary/aromatic N) is 3. The van der Waals surface area contributed by atoms with E-state index >= 15 is 0 Å². The van der Waals surface area contributed by atoms with Crippen LogP contribution in [0.1, 0.15) is 64.5 Å². The Kier molecular flexibility index (Phi) is 10.3. The van der Waals surface area contributed by atoms with Gasteiger partial charge in [0.05, 0.1) is 12.1 Å². The number of rotatable bonds is 13. The summed E-state index contributed by atoms with van der Waals surface area (Å²) in [5.74, 6) is -1.02. The fraction of sp³-hybridized carbons (Fsp3) is 0.522. The van der Waals surface area contributed by atoms with Gasteiger partial charge < -0.3 is 15.4 Å². The monoisotopic (exact) mass is 459 g/mol. The van der Waals surface area contributed by atoms with Gasteiger partial charge in [-0.05, 0) is 25.0 Å². The molecule has 0 aliphatic heterocycles. The molecule has 2 rings (SSSR count). The third kappa shape index (κ3) is 7.58. The molecule has 2 heterocycles. The molecular weight excluding hydrogens is 426 g/mol. The quantitative estimate of drug-likeness (QED) is 0.346. The van der Waals surface area contributed by atoms with Crippen molar-refractivity contribution in [3.63, 3.8) is 0 Å². The molecule has 3 N–H and O–H groups in total. The maximum atomic E-state index is 13.0. The van der Waals surface area contributed by atoms with Crippen molar-refractivity contribution >= 4 is 23.4 Å². The molecule has 0 radical (unpaired) electrons. The number of hydrogen-bond donors (Lipinski definition) is 2. The van der Waals surface area contributed by atoms with Gasteiger partial charge in [-0.1, -0.05) is 39.2 Å². The van der Waals surface area contributed by atoms with Crippen molar-refractivity contribution < 1.29 is 14.3 Å². The fourth-order valence-corrected chi connectivity index (χ4v) is 3.31. The second kappa shape index (κ2) is 13.2. The van der Waals surface area contributed by atoms with Gasteiger partial charge >= 0.3 is 11.7 Å². The van der Waals surface area contributed by atoms with Crippen LogP contribution in [0.5, 0.6) is 0 Å². The van der Waals surface area contributed by atoms with Crippen molar-refractivity contribution in [3.8, 4) is 0 Å². The fourth-order valence-electron chi connectivity index (χ4n) is 3.31. The van der Waals surface area contributed by atoms with Crippen LogP contribution < -0.4 is 21.9 Å². The Labute approximate surface area is 192 Å². The standard InChI is InChI=1S/C23H33N5O5/c1-3-5-9-15-27(20-21(24)28(14-6-4-2)23(32)26-22(20)31)18(29)11-12-19(30)33-16-17-10-7-8-13-25-17/h7-8,10,13H,3-6,9,11-12,14-16,24H2,1-2H3,(H,26,31,32). The number of ether oxygens (including phenoxy) is 1. The predicted octanol–water partition coefficient (Wildman–Crippen LogP) is 2.36. The highest BCUT2D eigenvalue weighted by molar-refractivity contribution is 5.96. The zero-order valence-corrected chi connectivity index (χ0v) is 19.3. The minimum Gasteiger partial charge on any atom is -0.459 e. The third-order valence-electron chi connectivity index (χ3n) is 5.16. The second-order valence-corrected chi connectivity index (χ2v) is 7.73. The van der Waals surface area contributed by atoms with Crippen LogP contribution in [-0.4, -0.2) is 33.0 Å². The Hall–Kier alpha value is -3.43. The van der Waals surface area contributed by atoms with Crippen molar-refractivity contribution in [2.45, 2.75) is 71.9 Å². The molecule has 0 fully saturated rings. The molecule has 0 aliphatic rings. The average Bonchev–Trinajstić information content (AvgIpc) is 2.80. The first-order valence-corrected chi connectivity index (χ1v) is 11.4. The maximum absolute atomic E-state index is 13.0. The van der Waals surface area contributed by atoms with Gasteiger partial charge in [0, 0.05) is 25.7 Å². The molecule has 180 valence electrons. The van der Waals surface area contributed by atoms with E-state index in [1.807, 2.05) is 13.8 Å². The smallest absolute Gasteiger partial charge is 0.330 e. The van der Waals surface area contributed by atoms with Gasteiger partial charge in [-0.25, -0.2) is 4.79 Å². The highest BCUT2D eigenvalue weighted by Crippen LogP contribution is 2.20. The number of pyridine rings is 1. The van der Waals surface area contributed by atoms with Crippen molar-refractivity contribution in [1.82, 2.24) is 14.5 Å². The number of nitrogens with one attached hydrogen (secondary N) is 1. The Morgan fingerprint density at radius 1 is 1.12 bits per heavy atom. The molecule has 0 spiro atoms. The van der Waals surface area contributed by atoms with Crippen LogP contribution in [-0.2, 0) is 27.5 Å². The van der Waals surface area contributed by atoms with Gasteiger partial charge in [-0.2, -0.15) is 0 Å². The molecule has 2 aromatic rings. The van der Waals surface area contributed by atoms with E-state index < -0.39 is 23.1 Å². The summed E-state index contributed by atoms with van der Waals surface area (Å²) in [6.07, 6.45) is 5.25. The van der Waals surface area contributed by atoms with Gasteiger partial charge in [0.15, 0.2) is 5.69 Å². The van der Waals surface area contributed by atoms with Crippen molar-refractivity contribution in [2.75, 3.05) is 17.2 Å². The third-order valence-corrected chi connectivity index (χ3v) is 5.16. The lowest BCUT2D eigenvalue weighted by Crippen LogP contribution is -2.41. The summed E-state index contributed by atoms with van der Waals surface area (Å²) in [5, 5.41) is 0. The number of aromatic nitrogens is 3. The maximum Gasteiger partial charge on any atom is 0.330 e. The van der Waals surface area contributed by atoms with Crippen molar-refractivity contribution in [2.24, 2.45) is 0 Å². The van der Waals surface area contributed by atoms with Gasteiger partial charge in [0.25, 0.3) is 5.56 Å². The number of anilines is 2. The number of nitrogen functional groups attached to an aromatic ring is 1. The Morgan fingerprint density at radius 3 is 2.55 bits per heavy atom. The van der Waals surface area contributed by atoms with E-state index in [4.69, 9.17) is 10.5 Å². The molecule has 0 atom stereocenters. The van der Waals surface area contributed by atoms with Gasteiger partial charge in [-0.3, -0.25) is 28.9 Å². The molecular formula is C23H33N5O5. The van der Waals surface area contributed by atoms with Crippen LogP contribution in [0.4, 0.5) is 11.5 Å². The molecule has 0 saturated heterocycles. The summed E-state index contributed by atoms with van der Waals surface area (Å²) in [7, 11) is 0. The van der Waals surface area contributed by atoms with Crippen LogP contribution in [0.3, 0.4) is 0 Å². The minimum atomic E-state index is -0.715. The molecule has 0 aromatic carbocycles. The lowest BCUT2D eigenvalue weighted by atomic mass is 10.2. The van der Waals surface area contributed by atoms with Crippen LogP contribution in [0.15, 0.2) is 34.0 Å². The highest BCUT2D eigenvalue weighted by atomic mass is 16.5. The minimum absolute atomic E-state index is 0.0169. The number of H-pyrrole nitrogens is 1. The molecule has 10 nitrogen and oxygen atoms in total. The molecule has 0 saturated carbocycles. The molecule has 10 heteroatoms. The normalized spacial score (nSPS) is 10.7.